The lowest BCUT2D eigenvalue weighted by Crippen LogP contribution is -2.15. The van der Waals surface area contributed by atoms with Gasteiger partial charge in [-0.1, -0.05) is 32.3 Å². The molecule has 2 heteroatoms. The molecule has 1 aromatic carbocycles. The van der Waals surface area contributed by atoms with Gasteiger partial charge in [0.05, 0.1) is 7.11 Å². The van der Waals surface area contributed by atoms with E-state index in [0.29, 0.717) is 0 Å². The maximum atomic E-state index is 5.23. The lowest BCUT2D eigenvalue weighted by Gasteiger charge is -2.20. The Balaban J connectivity index is 3.16. The van der Waals surface area contributed by atoms with Crippen LogP contribution in [0.15, 0.2) is 18.2 Å². The van der Waals surface area contributed by atoms with Crippen LogP contribution >= 0.6 is 0 Å². The standard InChI is InChI=1S/C11H17BO/c1-11(2,3)8-5-9(12)7-10(6-8)13-4/h5-7H,12H2,1-4H3. The van der Waals surface area contributed by atoms with E-state index in [1.54, 1.807) is 7.11 Å². The minimum atomic E-state index is 0.194. The van der Waals surface area contributed by atoms with Gasteiger partial charge in [0.2, 0.25) is 0 Å². The Morgan fingerprint density at radius 3 is 2.23 bits per heavy atom. The Hall–Kier alpha value is -0.915. The SMILES string of the molecule is Bc1cc(OC)cc(C(C)(C)C)c1. The topological polar surface area (TPSA) is 9.23 Å². The van der Waals surface area contributed by atoms with Crippen LogP contribution in [0.2, 0.25) is 0 Å². The Morgan fingerprint density at radius 1 is 1.15 bits per heavy atom. The quantitative estimate of drug-likeness (QED) is 0.585. The highest BCUT2D eigenvalue weighted by Crippen LogP contribution is 2.24. The Labute approximate surface area is 81.5 Å². The van der Waals surface area contributed by atoms with E-state index in [2.05, 4.69) is 46.8 Å². The van der Waals surface area contributed by atoms with Crippen LogP contribution in [0.3, 0.4) is 0 Å². The van der Waals surface area contributed by atoms with Crippen LogP contribution in [-0.4, -0.2) is 15.0 Å². The molecule has 0 bridgehead atoms. The first-order chi connectivity index (χ1) is 5.93. The number of benzene rings is 1. The van der Waals surface area contributed by atoms with E-state index in [9.17, 15) is 0 Å². The third-order valence-corrected chi connectivity index (χ3v) is 2.15. The van der Waals surface area contributed by atoms with Crippen molar-refractivity contribution < 1.29 is 4.74 Å². The largest absolute Gasteiger partial charge is 0.497 e. The number of hydrogen-bond donors (Lipinski definition) is 0. The number of hydrogen-bond acceptors (Lipinski definition) is 1. The molecule has 0 aliphatic carbocycles. The minimum Gasteiger partial charge on any atom is -0.497 e. The summed E-state index contributed by atoms with van der Waals surface area (Å²) in [5.74, 6) is 0.949. The van der Waals surface area contributed by atoms with Gasteiger partial charge in [-0.15, -0.1) is 0 Å². The van der Waals surface area contributed by atoms with E-state index in [0.717, 1.165) is 5.75 Å². The van der Waals surface area contributed by atoms with Gasteiger partial charge in [-0.05, 0) is 23.1 Å². The van der Waals surface area contributed by atoms with E-state index < -0.39 is 0 Å². The van der Waals surface area contributed by atoms with Gasteiger partial charge in [0.25, 0.3) is 0 Å². The number of rotatable bonds is 1. The smallest absolute Gasteiger partial charge is 0.139 e. The maximum absolute atomic E-state index is 5.23. The van der Waals surface area contributed by atoms with Crippen LogP contribution in [-0.2, 0) is 5.41 Å². The lowest BCUT2D eigenvalue weighted by atomic mass is 9.83. The molecule has 1 rings (SSSR count). The summed E-state index contributed by atoms with van der Waals surface area (Å²) >= 11 is 0. The molecule has 0 heterocycles. The Morgan fingerprint density at radius 2 is 1.77 bits per heavy atom. The molecule has 0 aliphatic rings. The maximum Gasteiger partial charge on any atom is 0.139 e. The summed E-state index contributed by atoms with van der Waals surface area (Å²) in [7, 11) is 3.80. The minimum absolute atomic E-state index is 0.194. The molecule has 0 spiro atoms. The lowest BCUT2D eigenvalue weighted by molar-refractivity contribution is 0.413. The molecule has 1 aromatic rings. The summed E-state index contributed by atoms with van der Waals surface area (Å²) in [5, 5.41) is 0. The molecular weight excluding hydrogens is 159 g/mol. The van der Waals surface area contributed by atoms with Gasteiger partial charge >= 0.3 is 0 Å². The van der Waals surface area contributed by atoms with E-state index in [1.165, 1.54) is 11.0 Å². The third kappa shape index (κ3) is 2.51. The Kier molecular flexibility index (Phi) is 2.70. The van der Waals surface area contributed by atoms with Gasteiger partial charge in [0.1, 0.15) is 13.6 Å². The van der Waals surface area contributed by atoms with Gasteiger partial charge in [0, 0.05) is 0 Å². The molecule has 0 radical (unpaired) electrons. The van der Waals surface area contributed by atoms with Gasteiger partial charge in [0.15, 0.2) is 0 Å². The van der Waals surface area contributed by atoms with Gasteiger partial charge in [-0.3, -0.25) is 0 Å². The highest BCUT2D eigenvalue weighted by atomic mass is 16.5. The zero-order valence-corrected chi connectivity index (χ0v) is 9.14. The Bertz CT molecular complexity index is 299. The molecule has 0 saturated carbocycles. The fourth-order valence-corrected chi connectivity index (χ4v) is 1.30. The molecule has 0 amide bonds. The van der Waals surface area contributed by atoms with Crippen LogP contribution < -0.4 is 10.2 Å². The average molecular weight is 176 g/mol. The van der Waals surface area contributed by atoms with Crippen LogP contribution in [0, 0.1) is 0 Å². The normalized spacial score (nSPS) is 11.4. The molecule has 0 unspecified atom stereocenters. The molecule has 0 N–H and O–H groups in total. The van der Waals surface area contributed by atoms with Crippen molar-refractivity contribution in [1.82, 2.24) is 0 Å². The predicted octanol–water partition coefficient (Wildman–Crippen LogP) is 1.25. The van der Waals surface area contributed by atoms with Crippen molar-refractivity contribution in [2.75, 3.05) is 7.11 Å². The van der Waals surface area contributed by atoms with E-state index >= 15 is 0 Å². The fraction of sp³-hybridized carbons (Fsp3) is 0.455. The summed E-state index contributed by atoms with van der Waals surface area (Å²) in [6.07, 6.45) is 0. The van der Waals surface area contributed by atoms with Crippen LogP contribution in [0.1, 0.15) is 26.3 Å². The van der Waals surface area contributed by atoms with Crippen molar-refractivity contribution in [1.29, 1.82) is 0 Å². The van der Waals surface area contributed by atoms with Crippen molar-refractivity contribution >= 4 is 13.3 Å². The predicted molar refractivity (Wildman–Crippen MR) is 59.9 cm³/mol. The monoisotopic (exact) mass is 176 g/mol. The number of methoxy groups -OCH3 is 1. The van der Waals surface area contributed by atoms with Crippen molar-refractivity contribution in [3.05, 3.63) is 23.8 Å². The van der Waals surface area contributed by atoms with E-state index in [1.807, 2.05) is 0 Å². The zero-order chi connectivity index (χ0) is 10.1. The highest BCUT2D eigenvalue weighted by molar-refractivity contribution is 6.32. The molecule has 0 aliphatic heterocycles. The van der Waals surface area contributed by atoms with E-state index in [-0.39, 0.29) is 5.41 Å². The van der Waals surface area contributed by atoms with Crippen molar-refractivity contribution in [2.45, 2.75) is 26.2 Å². The number of ether oxygens (including phenoxy) is 1. The molecule has 0 atom stereocenters. The first-order valence-corrected chi connectivity index (χ1v) is 4.59. The zero-order valence-electron chi connectivity index (χ0n) is 9.14. The second kappa shape index (κ2) is 3.45. The molecule has 0 fully saturated rings. The second-order valence-corrected chi connectivity index (χ2v) is 4.49. The van der Waals surface area contributed by atoms with Gasteiger partial charge in [-0.2, -0.15) is 0 Å². The third-order valence-electron chi connectivity index (χ3n) is 2.15. The van der Waals surface area contributed by atoms with Gasteiger partial charge in [-0.25, -0.2) is 0 Å². The highest BCUT2D eigenvalue weighted by Gasteiger charge is 2.14. The summed E-state index contributed by atoms with van der Waals surface area (Å²) < 4.78 is 5.23. The average Bonchev–Trinajstić information content (AvgIpc) is 2.01. The summed E-state index contributed by atoms with van der Waals surface area (Å²) in [4.78, 5) is 0. The molecular formula is C11H17BO. The molecule has 0 saturated heterocycles. The van der Waals surface area contributed by atoms with Gasteiger partial charge < -0.3 is 4.74 Å². The van der Waals surface area contributed by atoms with Crippen molar-refractivity contribution in [3.8, 4) is 5.75 Å². The van der Waals surface area contributed by atoms with Crippen molar-refractivity contribution in [2.24, 2.45) is 0 Å². The molecule has 1 nitrogen and oxygen atoms in total. The van der Waals surface area contributed by atoms with Crippen LogP contribution in [0.4, 0.5) is 0 Å². The molecule has 70 valence electrons. The van der Waals surface area contributed by atoms with Crippen LogP contribution in [0.5, 0.6) is 5.75 Å². The first-order valence-electron chi connectivity index (χ1n) is 4.59. The molecule has 0 aromatic heterocycles. The first kappa shape index (κ1) is 10.2. The van der Waals surface area contributed by atoms with Crippen molar-refractivity contribution in [3.63, 3.8) is 0 Å². The fourth-order valence-electron chi connectivity index (χ4n) is 1.30. The summed E-state index contributed by atoms with van der Waals surface area (Å²) in [5.41, 5.74) is 2.77. The summed E-state index contributed by atoms with van der Waals surface area (Å²) in [6, 6.07) is 6.37. The molecule has 13 heavy (non-hydrogen) atoms. The summed E-state index contributed by atoms with van der Waals surface area (Å²) in [6.45, 7) is 6.63. The second-order valence-electron chi connectivity index (χ2n) is 4.49. The van der Waals surface area contributed by atoms with Crippen LogP contribution in [0.25, 0.3) is 0 Å². The van der Waals surface area contributed by atoms with E-state index in [4.69, 9.17) is 4.74 Å².